The van der Waals surface area contributed by atoms with Crippen LogP contribution < -0.4 is 10.2 Å². The number of nitrogens with zero attached hydrogens (tertiary/aromatic N) is 4. The van der Waals surface area contributed by atoms with Crippen molar-refractivity contribution < 1.29 is 14.5 Å². The third kappa shape index (κ3) is 5.88. The number of benzene rings is 2. The third-order valence-electron chi connectivity index (χ3n) is 3.77. The first kappa shape index (κ1) is 20.0. The zero-order chi connectivity index (χ0) is 20.6. The van der Waals surface area contributed by atoms with E-state index in [4.69, 9.17) is 16.3 Å². The molecule has 3 aromatic rings. The SMILES string of the molecule is O=C(Cn1cc([N+](=O)[O-])cn1)NN=Cc1ccc(OCc2ccccc2Cl)cc1. The first-order valence-electron chi connectivity index (χ1n) is 8.46. The van der Waals surface area contributed by atoms with Crippen LogP contribution in [0.3, 0.4) is 0 Å². The summed E-state index contributed by atoms with van der Waals surface area (Å²) >= 11 is 6.10. The molecule has 0 saturated carbocycles. The Hall–Kier alpha value is -3.72. The largest absolute Gasteiger partial charge is 0.489 e. The highest BCUT2D eigenvalue weighted by Gasteiger charge is 2.10. The van der Waals surface area contributed by atoms with Crippen LogP contribution in [-0.4, -0.2) is 26.8 Å². The van der Waals surface area contributed by atoms with Gasteiger partial charge in [-0.05, 0) is 35.9 Å². The van der Waals surface area contributed by atoms with Crippen LogP contribution in [0.4, 0.5) is 5.69 Å². The predicted molar refractivity (Wildman–Crippen MR) is 107 cm³/mol. The second kappa shape index (κ2) is 9.47. The number of hydrazone groups is 1. The average molecular weight is 414 g/mol. The van der Waals surface area contributed by atoms with Crippen molar-refractivity contribution in [1.29, 1.82) is 0 Å². The summed E-state index contributed by atoms with van der Waals surface area (Å²) in [6, 6.07) is 14.6. The Balaban J connectivity index is 1.47. The Morgan fingerprint density at radius 2 is 2.03 bits per heavy atom. The molecule has 0 aliphatic carbocycles. The minimum Gasteiger partial charge on any atom is -0.489 e. The molecule has 0 bridgehead atoms. The van der Waals surface area contributed by atoms with Gasteiger partial charge in [-0.15, -0.1) is 0 Å². The lowest BCUT2D eigenvalue weighted by Crippen LogP contribution is -2.23. The lowest BCUT2D eigenvalue weighted by atomic mass is 10.2. The molecular formula is C19H16ClN5O4. The Kier molecular flexibility index (Phi) is 6.54. The van der Waals surface area contributed by atoms with E-state index in [1.165, 1.54) is 12.4 Å². The van der Waals surface area contributed by atoms with Crippen LogP contribution >= 0.6 is 11.6 Å². The van der Waals surface area contributed by atoms with E-state index in [-0.39, 0.29) is 12.2 Å². The number of nitrogens with one attached hydrogen (secondary N) is 1. The van der Waals surface area contributed by atoms with Gasteiger partial charge in [-0.3, -0.25) is 19.6 Å². The molecule has 0 aliphatic heterocycles. The van der Waals surface area contributed by atoms with Gasteiger partial charge in [-0.25, -0.2) is 5.43 Å². The predicted octanol–water partition coefficient (Wildman–Crippen LogP) is 3.17. The van der Waals surface area contributed by atoms with Crippen LogP contribution in [0, 0.1) is 10.1 Å². The maximum Gasteiger partial charge on any atom is 0.307 e. The smallest absolute Gasteiger partial charge is 0.307 e. The molecule has 0 fully saturated rings. The van der Waals surface area contributed by atoms with Crippen LogP contribution in [0.1, 0.15) is 11.1 Å². The van der Waals surface area contributed by atoms with E-state index in [1.807, 2.05) is 24.3 Å². The molecule has 2 aromatic carbocycles. The molecule has 29 heavy (non-hydrogen) atoms. The quantitative estimate of drug-likeness (QED) is 0.346. The zero-order valence-electron chi connectivity index (χ0n) is 15.1. The molecule has 0 saturated heterocycles. The van der Waals surface area contributed by atoms with Gasteiger partial charge in [0.05, 0.1) is 11.1 Å². The Morgan fingerprint density at radius 1 is 1.28 bits per heavy atom. The molecule has 0 aliphatic rings. The number of ether oxygens (including phenoxy) is 1. The van der Waals surface area contributed by atoms with Crippen molar-refractivity contribution in [2.24, 2.45) is 5.10 Å². The summed E-state index contributed by atoms with van der Waals surface area (Å²) in [6.45, 7) is 0.175. The number of halogens is 1. The monoisotopic (exact) mass is 413 g/mol. The van der Waals surface area contributed by atoms with Crippen molar-refractivity contribution in [3.05, 3.63) is 87.2 Å². The molecular weight excluding hydrogens is 398 g/mol. The van der Waals surface area contributed by atoms with E-state index in [2.05, 4.69) is 15.6 Å². The Bertz CT molecular complexity index is 1030. The lowest BCUT2D eigenvalue weighted by molar-refractivity contribution is -0.385. The molecule has 3 rings (SSSR count). The molecule has 10 heteroatoms. The second-order valence-corrected chi connectivity index (χ2v) is 6.30. The van der Waals surface area contributed by atoms with E-state index in [0.29, 0.717) is 17.4 Å². The number of carbonyl (C=O) groups excluding carboxylic acids is 1. The van der Waals surface area contributed by atoms with Crippen molar-refractivity contribution in [2.45, 2.75) is 13.2 Å². The summed E-state index contributed by atoms with van der Waals surface area (Å²) in [5.74, 6) is 0.213. The van der Waals surface area contributed by atoms with Crippen molar-refractivity contribution in [1.82, 2.24) is 15.2 Å². The first-order valence-corrected chi connectivity index (χ1v) is 8.84. The van der Waals surface area contributed by atoms with Gasteiger partial charge in [-0.2, -0.15) is 10.2 Å². The molecule has 1 amide bonds. The van der Waals surface area contributed by atoms with Crippen LogP contribution in [0.5, 0.6) is 5.75 Å². The summed E-state index contributed by atoms with van der Waals surface area (Å²) in [4.78, 5) is 21.8. The van der Waals surface area contributed by atoms with Crippen LogP contribution in [-0.2, 0) is 17.9 Å². The highest BCUT2D eigenvalue weighted by molar-refractivity contribution is 6.31. The van der Waals surface area contributed by atoms with Gasteiger partial charge in [0.15, 0.2) is 0 Å². The number of carbonyl (C=O) groups is 1. The minimum atomic E-state index is -0.582. The van der Waals surface area contributed by atoms with E-state index in [9.17, 15) is 14.9 Å². The number of hydrogen-bond acceptors (Lipinski definition) is 6. The first-order chi connectivity index (χ1) is 14.0. The van der Waals surface area contributed by atoms with Gasteiger partial charge in [0.2, 0.25) is 0 Å². The van der Waals surface area contributed by atoms with E-state index < -0.39 is 10.8 Å². The third-order valence-corrected chi connectivity index (χ3v) is 4.14. The molecule has 0 atom stereocenters. The second-order valence-electron chi connectivity index (χ2n) is 5.90. The topological polar surface area (TPSA) is 112 Å². The number of hydrogen-bond donors (Lipinski definition) is 1. The number of nitro groups is 1. The van der Waals surface area contributed by atoms with Gasteiger partial charge < -0.3 is 4.74 Å². The van der Waals surface area contributed by atoms with Crippen LogP contribution in [0.25, 0.3) is 0 Å². The fourth-order valence-electron chi connectivity index (χ4n) is 2.32. The molecule has 1 N–H and O–H groups in total. The Morgan fingerprint density at radius 3 is 2.72 bits per heavy atom. The molecule has 9 nitrogen and oxygen atoms in total. The van der Waals surface area contributed by atoms with E-state index in [0.717, 1.165) is 22.0 Å². The number of aromatic nitrogens is 2. The van der Waals surface area contributed by atoms with Gasteiger partial charge in [0.1, 0.15) is 31.3 Å². The van der Waals surface area contributed by atoms with Crippen LogP contribution in [0.15, 0.2) is 66.0 Å². The fourth-order valence-corrected chi connectivity index (χ4v) is 2.51. The molecule has 0 spiro atoms. The van der Waals surface area contributed by atoms with Crippen LogP contribution in [0.2, 0.25) is 5.02 Å². The van der Waals surface area contributed by atoms with E-state index >= 15 is 0 Å². The average Bonchev–Trinajstić information content (AvgIpc) is 3.17. The maximum absolute atomic E-state index is 11.8. The van der Waals surface area contributed by atoms with Crippen molar-refractivity contribution >= 4 is 29.4 Å². The molecule has 1 aromatic heterocycles. The minimum absolute atomic E-state index is 0.181. The summed E-state index contributed by atoms with van der Waals surface area (Å²) < 4.78 is 6.86. The molecule has 0 radical (unpaired) electrons. The van der Waals surface area contributed by atoms with Gasteiger partial charge in [0, 0.05) is 10.6 Å². The van der Waals surface area contributed by atoms with E-state index in [1.54, 1.807) is 24.3 Å². The van der Waals surface area contributed by atoms with Gasteiger partial charge in [-0.1, -0.05) is 29.8 Å². The lowest BCUT2D eigenvalue weighted by Gasteiger charge is -2.07. The van der Waals surface area contributed by atoms with Crippen molar-refractivity contribution in [3.63, 3.8) is 0 Å². The molecule has 1 heterocycles. The Labute approximate surface area is 170 Å². The summed E-state index contributed by atoms with van der Waals surface area (Å²) in [5.41, 5.74) is 3.81. The van der Waals surface area contributed by atoms with Gasteiger partial charge in [0.25, 0.3) is 5.91 Å². The molecule has 0 unspecified atom stereocenters. The van der Waals surface area contributed by atoms with Gasteiger partial charge >= 0.3 is 5.69 Å². The standard InChI is InChI=1S/C19H16ClN5O4/c20-18-4-2-1-3-15(18)13-29-17-7-5-14(6-8-17)9-21-23-19(26)12-24-11-16(10-22-24)25(27)28/h1-11H,12-13H2,(H,23,26). The summed E-state index contributed by atoms with van der Waals surface area (Å²) in [5, 5.41) is 18.8. The number of rotatable bonds is 8. The van der Waals surface area contributed by atoms with Crippen molar-refractivity contribution in [2.75, 3.05) is 0 Å². The highest BCUT2D eigenvalue weighted by atomic mass is 35.5. The summed E-state index contributed by atoms with van der Waals surface area (Å²) in [7, 11) is 0. The maximum atomic E-state index is 11.8. The fraction of sp³-hybridized carbons (Fsp3) is 0.105. The zero-order valence-corrected chi connectivity index (χ0v) is 15.8. The summed E-state index contributed by atoms with van der Waals surface area (Å²) in [6.07, 6.45) is 3.72. The highest BCUT2D eigenvalue weighted by Crippen LogP contribution is 2.18. The molecule has 148 valence electrons. The normalized spacial score (nSPS) is 10.8. The number of amides is 1. The van der Waals surface area contributed by atoms with Crippen molar-refractivity contribution in [3.8, 4) is 5.75 Å².